The molecule has 0 saturated heterocycles. The molecule has 2 aliphatic rings. The Morgan fingerprint density at radius 2 is 2.08 bits per heavy atom. The molecule has 1 aromatic rings. The predicted molar refractivity (Wildman–Crippen MR) is 96.0 cm³/mol. The van der Waals surface area contributed by atoms with Crippen LogP contribution in [0, 0.1) is 18.3 Å². The maximum absolute atomic E-state index is 13.2. The minimum atomic E-state index is -1.66. The summed E-state index contributed by atoms with van der Waals surface area (Å²) in [5.74, 6) is 1.79. The molecule has 1 spiro atoms. The van der Waals surface area contributed by atoms with Crippen molar-refractivity contribution in [1.29, 1.82) is 0 Å². The van der Waals surface area contributed by atoms with Crippen LogP contribution in [-0.4, -0.2) is 37.9 Å². The van der Waals surface area contributed by atoms with Gasteiger partial charge in [-0.3, -0.25) is 9.59 Å². The fourth-order valence-electron chi connectivity index (χ4n) is 3.42. The summed E-state index contributed by atoms with van der Waals surface area (Å²) < 4.78 is 16.4. The van der Waals surface area contributed by atoms with E-state index in [-0.39, 0.29) is 22.1 Å². The zero-order chi connectivity index (χ0) is 19.1. The monoisotopic (exact) mass is 375 g/mol. The molecule has 26 heavy (non-hydrogen) atoms. The summed E-state index contributed by atoms with van der Waals surface area (Å²) >= 11 is 6.32. The number of rotatable bonds is 4. The summed E-state index contributed by atoms with van der Waals surface area (Å²) in [5.41, 5.74) is -0.826. The van der Waals surface area contributed by atoms with Crippen molar-refractivity contribution in [3.8, 4) is 29.6 Å². The number of carbonyl (C=O) groups excluding carboxylic acids is 2. The van der Waals surface area contributed by atoms with Crippen molar-refractivity contribution in [1.82, 2.24) is 5.32 Å². The van der Waals surface area contributed by atoms with Gasteiger partial charge in [-0.15, -0.1) is 6.42 Å². The van der Waals surface area contributed by atoms with Crippen LogP contribution in [0.15, 0.2) is 17.8 Å². The number of ketones is 2. The highest BCUT2D eigenvalue weighted by molar-refractivity contribution is 6.36. The number of Topliss-reactive ketones (excluding diaryl/α,β-unsaturated/α-hetero) is 1. The fourth-order valence-corrected chi connectivity index (χ4v) is 3.68. The first-order valence-electron chi connectivity index (χ1n) is 8.01. The first-order chi connectivity index (χ1) is 12.4. The van der Waals surface area contributed by atoms with E-state index in [0.29, 0.717) is 24.4 Å². The van der Waals surface area contributed by atoms with Crippen LogP contribution in [0.25, 0.3) is 0 Å². The van der Waals surface area contributed by atoms with Gasteiger partial charge in [-0.25, -0.2) is 0 Å². The SMILES string of the molecule is C#CCNC1=CC(=O)C2(Oc3c(Cl)c(OC)cc(OC)c3C2=O)C(C)C1. The van der Waals surface area contributed by atoms with Crippen LogP contribution >= 0.6 is 11.6 Å². The Balaban J connectivity index is 2.10. The third kappa shape index (κ3) is 2.43. The van der Waals surface area contributed by atoms with Gasteiger partial charge in [0.05, 0.1) is 20.8 Å². The van der Waals surface area contributed by atoms with Crippen molar-refractivity contribution >= 4 is 23.2 Å². The Kier molecular flexibility index (Phi) is 4.59. The van der Waals surface area contributed by atoms with Gasteiger partial charge >= 0.3 is 0 Å². The van der Waals surface area contributed by atoms with E-state index in [9.17, 15) is 9.59 Å². The van der Waals surface area contributed by atoms with Gasteiger partial charge in [0.25, 0.3) is 0 Å². The quantitative estimate of drug-likeness (QED) is 0.643. The fraction of sp³-hybridized carbons (Fsp3) is 0.368. The van der Waals surface area contributed by atoms with Crippen LogP contribution in [0.4, 0.5) is 0 Å². The van der Waals surface area contributed by atoms with Crippen LogP contribution in [0.3, 0.4) is 0 Å². The highest BCUT2D eigenvalue weighted by atomic mass is 35.5. The van der Waals surface area contributed by atoms with E-state index in [1.165, 1.54) is 26.4 Å². The topological polar surface area (TPSA) is 73.9 Å². The lowest BCUT2D eigenvalue weighted by Gasteiger charge is -2.35. The third-order valence-corrected chi connectivity index (χ3v) is 5.09. The van der Waals surface area contributed by atoms with Crippen LogP contribution in [-0.2, 0) is 4.79 Å². The number of terminal acetylenes is 1. The second kappa shape index (κ2) is 6.58. The molecule has 6 nitrogen and oxygen atoms in total. The average Bonchev–Trinajstić information content (AvgIpc) is 2.94. The molecule has 0 fully saturated rings. The van der Waals surface area contributed by atoms with Crippen molar-refractivity contribution in [2.24, 2.45) is 5.92 Å². The standard InChI is InChI=1S/C19H18ClNO5/c1-5-6-21-11-7-10(2)19(14(22)8-11)18(23)15-12(24-3)9-13(25-4)16(20)17(15)26-19/h1,8-10,21H,6-7H2,2-4H3. The van der Waals surface area contributed by atoms with E-state index in [2.05, 4.69) is 11.2 Å². The first kappa shape index (κ1) is 18.2. The zero-order valence-electron chi connectivity index (χ0n) is 14.6. The van der Waals surface area contributed by atoms with Crippen molar-refractivity contribution in [2.45, 2.75) is 18.9 Å². The smallest absolute Gasteiger partial charge is 0.236 e. The van der Waals surface area contributed by atoms with Gasteiger partial charge in [0.2, 0.25) is 17.2 Å². The summed E-state index contributed by atoms with van der Waals surface area (Å²) in [4.78, 5) is 26.2. The van der Waals surface area contributed by atoms with Crippen LogP contribution < -0.4 is 19.5 Å². The molecular weight excluding hydrogens is 358 g/mol. The second-order valence-electron chi connectivity index (χ2n) is 6.16. The molecule has 0 aromatic heterocycles. The Labute approximate surface area is 156 Å². The Morgan fingerprint density at radius 3 is 2.65 bits per heavy atom. The maximum Gasteiger partial charge on any atom is 0.236 e. The molecule has 3 rings (SSSR count). The minimum Gasteiger partial charge on any atom is -0.496 e. The van der Waals surface area contributed by atoms with E-state index >= 15 is 0 Å². The average molecular weight is 376 g/mol. The summed E-state index contributed by atoms with van der Waals surface area (Å²) in [6.45, 7) is 2.08. The lowest BCUT2D eigenvalue weighted by Crippen LogP contribution is -2.55. The second-order valence-corrected chi connectivity index (χ2v) is 6.54. The molecule has 0 radical (unpaired) electrons. The van der Waals surface area contributed by atoms with E-state index < -0.39 is 23.1 Å². The maximum atomic E-state index is 13.2. The van der Waals surface area contributed by atoms with E-state index in [4.69, 9.17) is 32.2 Å². The Morgan fingerprint density at radius 1 is 1.38 bits per heavy atom. The van der Waals surface area contributed by atoms with Crippen molar-refractivity contribution in [3.63, 3.8) is 0 Å². The number of ether oxygens (including phenoxy) is 3. The van der Waals surface area contributed by atoms with Gasteiger partial charge in [-0.05, 0) is 6.42 Å². The van der Waals surface area contributed by atoms with E-state index in [0.717, 1.165) is 0 Å². The normalized spacial score (nSPS) is 23.8. The van der Waals surface area contributed by atoms with Gasteiger partial charge in [-0.2, -0.15) is 0 Å². The van der Waals surface area contributed by atoms with Crippen molar-refractivity contribution < 1.29 is 23.8 Å². The molecule has 7 heteroatoms. The largest absolute Gasteiger partial charge is 0.496 e. The number of halogens is 1. The molecule has 1 N–H and O–H groups in total. The summed E-state index contributed by atoms with van der Waals surface area (Å²) in [6.07, 6.45) is 7.05. The van der Waals surface area contributed by atoms with E-state index in [1.54, 1.807) is 6.92 Å². The number of hydrogen-bond donors (Lipinski definition) is 1. The Hall–Kier alpha value is -2.65. The molecule has 1 aliphatic carbocycles. The van der Waals surface area contributed by atoms with Crippen LogP contribution in [0.1, 0.15) is 23.7 Å². The summed E-state index contributed by atoms with van der Waals surface area (Å²) in [7, 11) is 2.87. The van der Waals surface area contributed by atoms with Crippen LogP contribution in [0.2, 0.25) is 5.02 Å². The van der Waals surface area contributed by atoms with Gasteiger partial charge in [0.1, 0.15) is 22.1 Å². The predicted octanol–water partition coefficient (Wildman–Crippen LogP) is 2.39. The molecule has 136 valence electrons. The molecule has 2 unspecified atom stereocenters. The molecule has 1 aliphatic heterocycles. The number of benzene rings is 1. The molecule has 0 saturated carbocycles. The number of carbonyl (C=O) groups is 2. The number of fused-ring (bicyclic) bond motifs is 1. The van der Waals surface area contributed by atoms with Gasteiger partial charge in [0, 0.05) is 23.8 Å². The molecule has 1 heterocycles. The lowest BCUT2D eigenvalue weighted by molar-refractivity contribution is -0.129. The van der Waals surface area contributed by atoms with E-state index in [1.807, 2.05) is 0 Å². The molecule has 0 bridgehead atoms. The first-order valence-corrected chi connectivity index (χ1v) is 8.39. The van der Waals surface area contributed by atoms with Crippen molar-refractivity contribution in [3.05, 3.63) is 28.4 Å². The zero-order valence-corrected chi connectivity index (χ0v) is 15.4. The van der Waals surface area contributed by atoms with Crippen molar-refractivity contribution in [2.75, 3.05) is 20.8 Å². The summed E-state index contributed by atoms with van der Waals surface area (Å²) in [5, 5.41) is 3.13. The molecular formula is C19H18ClNO5. The lowest BCUT2D eigenvalue weighted by atomic mass is 9.74. The van der Waals surface area contributed by atoms with Crippen LogP contribution in [0.5, 0.6) is 17.2 Å². The molecule has 0 amide bonds. The molecule has 1 aromatic carbocycles. The van der Waals surface area contributed by atoms with Gasteiger partial charge in [0.15, 0.2) is 5.75 Å². The Bertz CT molecular complexity index is 870. The van der Waals surface area contributed by atoms with Gasteiger partial charge < -0.3 is 19.5 Å². The number of hydrogen-bond acceptors (Lipinski definition) is 6. The number of nitrogens with one attached hydrogen (secondary N) is 1. The number of methoxy groups -OCH3 is 2. The third-order valence-electron chi connectivity index (χ3n) is 4.73. The summed E-state index contributed by atoms with van der Waals surface area (Å²) in [6, 6.07) is 1.51. The highest BCUT2D eigenvalue weighted by Crippen LogP contribution is 2.52. The molecule has 2 atom stereocenters. The van der Waals surface area contributed by atoms with Gasteiger partial charge in [-0.1, -0.05) is 24.4 Å². The number of allylic oxidation sites excluding steroid dienone is 1. The highest BCUT2D eigenvalue weighted by Gasteiger charge is 2.60. The minimum absolute atomic E-state index is 0.113.